The quantitative estimate of drug-likeness (QED) is 0.471. The van der Waals surface area contributed by atoms with Crippen molar-refractivity contribution >= 4 is 44.7 Å². The van der Waals surface area contributed by atoms with Crippen LogP contribution in [0.4, 0.5) is 5.13 Å². The number of amides is 1. The Morgan fingerprint density at radius 2 is 1.78 bits per heavy atom. The molecule has 3 nitrogen and oxygen atoms in total. The first kappa shape index (κ1) is 17.7. The Balaban J connectivity index is 1.42. The molecule has 5 heteroatoms. The van der Waals surface area contributed by atoms with Gasteiger partial charge in [0.2, 0.25) is 5.91 Å². The lowest BCUT2D eigenvalue weighted by Gasteiger charge is -2.06. The minimum absolute atomic E-state index is 0.0567. The van der Waals surface area contributed by atoms with Gasteiger partial charge < -0.3 is 5.32 Å². The maximum absolute atomic E-state index is 12.5. The molecule has 0 aliphatic heterocycles. The summed E-state index contributed by atoms with van der Waals surface area (Å²) in [6.45, 7) is 0. The van der Waals surface area contributed by atoms with Crippen LogP contribution in [0.5, 0.6) is 0 Å². The number of nitrogens with zero attached hydrogens (tertiary/aromatic N) is 1. The molecule has 1 N–H and O–H groups in total. The molecule has 0 aliphatic carbocycles. The summed E-state index contributed by atoms with van der Waals surface area (Å²) in [4.78, 5) is 17.9. The van der Waals surface area contributed by atoms with Crippen LogP contribution in [0.25, 0.3) is 10.8 Å². The highest BCUT2D eigenvalue weighted by molar-refractivity contribution is 7.15. The largest absolute Gasteiger partial charge is 0.302 e. The summed E-state index contributed by atoms with van der Waals surface area (Å²) in [7, 11) is 0. The van der Waals surface area contributed by atoms with Crippen molar-refractivity contribution in [1.29, 1.82) is 0 Å². The summed E-state index contributed by atoms with van der Waals surface area (Å²) in [6, 6.07) is 21.9. The molecule has 0 saturated carbocycles. The number of rotatable bonds is 5. The number of fused-ring (bicyclic) bond motifs is 1. The topological polar surface area (TPSA) is 42.0 Å². The lowest BCUT2D eigenvalue weighted by Crippen LogP contribution is -2.14. The molecular formula is C22H17ClN2OS. The van der Waals surface area contributed by atoms with Crippen LogP contribution in [0, 0.1) is 0 Å². The predicted molar refractivity (Wildman–Crippen MR) is 113 cm³/mol. The average Bonchev–Trinajstić information content (AvgIpc) is 3.10. The van der Waals surface area contributed by atoms with E-state index in [0.717, 1.165) is 38.2 Å². The van der Waals surface area contributed by atoms with Gasteiger partial charge in [-0.3, -0.25) is 4.79 Å². The zero-order chi connectivity index (χ0) is 18.6. The summed E-state index contributed by atoms with van der Waals surface area (Å²) < 4.78 is 0. The summed E-state index contributed by atoms with van der Waals surface area (Å²) in [5.41, 5.74) is 2.18. The molecule has 1 aromatic heterocycles. The fourth-order valence-corrected chi connectivity index (χ4v) is 4.02. The fourth-order valence-electron chi connectivity index (χ4n) is 3.03. The van der Waals surface area contributed by atoms with Crippen molar-refractivity contribution in [2.24, 2.45) is 0 Å². The van der Waals surface area contributed by atoms with Gasteiger partial charge in [-0.1, -0.05) is 66.2 Å². The number of benzene rings is 3. The van der Waals surface area contributed by atoms with E-state index in [1.165, 1.54) is 11.3 Å². The number of carbonyl (C=O) groups excluding carboxylic acids is 1. The first-order chi connectivity index (χ1) is 13.2. The normalized spacial score (nSPS) is 10.9. The van der Waals surface area contributed by atoms with Crippen molar-refractivity contribution in [2.45, 2.75) is 12.8 Å². The molecule has 1 amide bonds. The lowest BCUT2D eigenvalue weighted by molar-refractivity contribution is -0.115. The Bertz CT molecular complexity index is 1080. The smallest absolute Gasteiger partial charge is 0.230 e. The molecule has 3 aromatic carbocycles. The van der Waals surface area contributed by atoms with Gasteiger partial charge in [0.15, 0.2) is 5.13 Å². The molecule has 0 radical (unpaired) electrons. The minimum atomic E-state index is -0.0567. The molecule has 4 aromatic rings. The molecular weight excluding hydrogens is 376 g/mol. The van der Waals surface area contributed by atoms with Gasteiger partial charge in [-0.25, -0.2) is 4.98 Å². The number of aromatic nitrogens is 1. The Morgan fingerprint density at radius 1 is 1.00 bits per heavy atom. The summed E-state index contributed by atoms with van der Waals surface area (Å²) in [5.74, 6) is -0.0567. The molecule has 134 valence electrons. The molecule has 0 unspecified atom stereocenters. The van der Waals surface area contributed by atoms with Crippen LogP contribution in [-0.2, 0) is 17.6 Å². The second kappa shape index (κ2) is 7.91. The fraction of sp³-hybridized carbons (Fsp3) is 0.0909. The molecule has 0 fully saturated rings. The van der Waals surface area contributed by atoms with E-state index in [0.29, 0.717) is 11.6 Å². The number of thiazole rings is 1. The van der Waals surface area contributed by atoms with Gasteiger partial charge in [0.05, 0.1) is 6.42 Å². The van der Waals surface area contributed by atoms with Crippen LogP contribution in [0.15, 0.2) is 72.9 Å². The second-order valence-electron chi connectivity index (χ2n) is 6.30. The Hall–Kier alpha value is -2.69. The first-order valence-corrected chi connectivity index (χ1v) is 9.82. The molecule has 0 aliphatic rings. The van der Waals surface area contributed by atoms with E-state index in [2.05, 4.69) is 22.4 Å². The highest BCUT2D eigenvalue weighted by Gasteiger charge is 2.10. The molecule has 0 saturated heterocycles. The predicted octanol–water partition coefficient (Wildman–Crippen LogP) is 5.72. The van der Waals surface area contributed by atoms with Crippen LogP contribution >= 0.6 is 22.9 Å². The van der Waals surface area contributed by atoms with Gasteiger partial charge in [-0.05, 0) is 34.0 Å². The molecule has 0 atom stereocenters. The van der Waals surface area contributed by atoms with Crippen molar-refractivity contribution in [3.8, 4) is 0 Å². The van der Waals surface area contributed by atoms with E-state index in [1.54, 1.807) is 0 Å². The Labute approximate surface area is 166 Å². The first-order valence-electron chi connectivity index (χ1n) is 8.63. The Kier molecular flexibility index (Phi) is 5.19. The molecule has 0 spiro atoms. The van der Waals surface area contributed by atoms with Crippen molar-refractivity contribution in [2.75, 3.05) is 5.32 Å². The zero-order valence-corrected chi connectivity index (χ0v) is 16.1. The van der Waals surface area contributed by atoms with Crippen molar-refractivity contribution < 1.29 is 4.79 Å². The molecule has 1 heterocycles. The van der Waals surface area contributed by atoms with Crippen LogP contribution < -0.4 is 5.32 Å². The number of halogens is 1. The molecule has 27 heavy (non-hydrogen) atoms. The van der Waals surface area contributed by atoms with Gasteiger partial charge in [0, 0.05) is 22.5 Å². The van der Waals surface area contributed by atoms with Crippen LogP contribution in [0.1, 0.15) is 16.0 Å². The highest BCUT2D eigenvalue weighted by atomic mass is 35.5. The van der Waals surface area contributed by atoms with Crippen LogP contribution in [-0.4, -0.2) is 10.9 Å². The van der Waals surface area contributed by atoms with E-state index in [4.69, 9.17) is 11.6 Å². The highest BCUT2D eigenvalue weighted by Crippen LogP contribution is 2.23. The van der Waals surface area contributed by atoms with Crippen molar-refractivity contribution in [3.63, 3.8) is 0 Å². The number of hydrogen-bond acceptors (Lipinski definition) is 3. The maximum atomic E-state index is 12.5. The molecule has 0 bridgehead atoms. The zero-order valence-electron chi connectivity index (χ0n) is 14.5. The van der Waals surface area contributed by atoms with Gasteiger partial charge in [-0.15, -0.1) is 11.3 Å². The van der Waals surface area contributed by atoms with E-state index in [-0.39, 0.29) is 5.91 Å². The number of hydrogen-bond donors (Lipinski definition) is 1. The number of nitrogens with one attached hydrogen (secondary N) is 1. The van der Waals surface area contributed by atoms with Crippen LogP contribution in [0.2, 0.25) is 5.02 Å². The average molecular weight is 393 g/mol. The van der Waals surface area contributed by atoms with E-state index >= 15 is 0 Å². The summed E-state index contributed by atoms with van der Waals surface area (Å²) in [5, 5.41) is 6.52. The Morgan fingerprint density at radius 3 is 2.63 bits per heavy atom. The van der Waals surface area contributed by atoms with Crippen molar-refractivity contribution in [1.82, 2.24) is 4.98 Å². The third kappa shape index (κ3) is 4.35. The van der Waals surface area contributed by atoms with Gasteiger partial charge in [0.1, 0.15) is 0 Å². The van der Waals surface area contributed by atoms with Crippen LogP contribution in [0.3, 0.4) is 0 Å². The van der Waals surface area contributed by atoms with Gasteiger partial charge in [-0.2, -0.15) is 0 Å². The summed E-state index contributed by atoms with van der Waals surface area (Å²) in [6.07, 6.45) is 2.91. The molecule has 4 rings (SSSR count). The van der Waals surface area contributed by atoms with Crippen molar-refractivity contribution in [3.05, 3.63) is 94.0 Å². The number of anilines is 1. The van der Waals surface area contributed by atoms with E-state index in [9.17, 15) is 4.79 Å². The minimum Gasteiger partial charge on any atom is -0.302 e. The standard InChI is InChI=1S/C22H17ClN2OS/c23-18-10-8-15(9-11-18)12-19-14-24-22(27-19)25-21(26)13-17-6-3-5-16-4-1-2-7-20(16)17/h1-11,14H,12-13H2,(H,24,25,26). The van der Waals surface area contributed by atoms with E-state index in [1.807, 2.05) is 60.8 Å². The van der Waals surface area contributed by atoms with Gasteiger partial charge >= 0.3 is 0 Å². The summed E-state index contributed by atoms with van der Waals surface area (Å²) >= 11 is 7.42. The van der Waals surface area contributed by atoms with Gasteiger partial charge in [0.25, 0.3) is 0 Å². The monoisotopic (exact) mass is 392 g/mol. The third-order valence-electron chi connectivity index (χ3n) is 4.32. The maximum Gasteiger partial charge on any atom is 0.230 e. The SMILES string of the molecule is O=C(Cc1cccc2ccccc12)Nc1ncc(Cc2ccc(Cl)cc2)s1. The lowest BCUT2D eigenvalue weighted by atomic mass is 10.0. The second-order valence-corrected chi connectivity index (χ2v) is 7.85. The van der Waals surface area contributed by atoms with E-state index < -0.39 is 0 Å². The number of carbonyl (C=O) groups is 1. The third-order valence-corrected chi connectivity index (χ3v) is 5.49.